The first kappa shape index (κ1) is 25.0. The van der Waals surface area contributed by atoms with Crippen LogP contribution in [0.15, 0.2) is 41.3 Å². The lowest BCUT2D eigenvalue weighted by Gasteiger charge is -2.20. The van der Waals surface area contributed by atoms with E-state index in [0.29, 0.717) is 29.7 Å². The number of carbonyl (C=O) groups excluding carboxylic acids is 1. The van der Waals surface area contributed by atoms with Gasteiger partial charge in [-0.25, -0.2) is 13.1 Å². The Morgan fingerprint density at radius 1 is 1.16 bits per heavy atom. The minimum Gasteiger partial charge on any atom is -0.493 e. The van der Waals surface area contributed by atoms with Crippen LogP contribution in [0.5, 0.6) is 11.5 Å². The fraction of sp³-hybridized carbons (Fsp3) is 0.409. The lowest BCUT2D eigenvalue weighted by Crippen LogP contribution is -2.40. The normalized spacial score (nSPS) is 12.0. The molecule has 2 N–H and O–H groups in total. The maximum Gasteiger partial charge on any atom is 0.255 e. The highest BCUT2D eigenvalue weighted by atomic mass is 35.5. The SMILES string of the molecule is COc1cc(C(=O)Nc2cccc(S(=O)(=O)NC(C)(C)C)c2)cc(Cl)c1OCC(C)C. The topological polar surface area (TPSA) is 93.7 Å². The molecule has 170 valence electrons. The van der Waals surface area contributed by atoms with Gasteiger partial charge >= 0.3 is 0 Å². The summed E-state index contributed by atoms with van der Waals surface area (Å²) in [6.07, 6.45) is 0. The number of hydrogen-bond donors (Lipinski definition) is 2. The van der Waals surface area contributed by atoms with Crippen LogP contribution in [-0.4, -0.2) is 33.6 Å². The number of benzene rings is 2. The molecule has 2 aromatic carbocycles. The summed E-state index contributed by atoms with van der Waals surface area (Å²) < 4.78 is 38.7. The largest absolute Gasteiger partial charge is 0.493 e. The molecule has 0 saturated heterocycles. The van der Waals surface area contributed by atoms with E-state index in [0.717, 1.165) is 0 Å². The molecule has 2 aromatic rings. The average Bonchev–Trinajstić information content (AvgIpc) is 2.64. The summed E-state index contributed by atoms with van der Waals surface area (Å²) in [5, 5.41) is 2.94. The van der Waals surface area contributed by atoms with Crippen LogP contribution in [-0.2, 0) is 10.0 Å². The number of ether oxygens (including phenoxy) is 2. The monoisotopic (exact) mass is 468 g/mol. The highest BCUT2D eigenvalue weighted by molar-refractivity contribution is 7.89. The predicted octanol–water partition coefficient (Wildman–Crippen LogP) is 4.71. The summed E-state index contributed by atoms with van der Waals surface area (Å²) in [5.74, 6) is 0.536. The molecule has 0 saturated carbocycles. The Kier molecular flexibility index (Phi) is 7.97. The Morgan fingerprint density at radius 3 is 2.42 bits per heavy atom. The third kappa shape index (κ3) is 7.12. The summed E-state index contributed by atoms with van der Waals surface area (Å²) in [6.45, 7) is 9.72. The van der Waals surface area contributed by atoms with Gasteiger partial charge in [0.15, 0.2) is 11.5 Å². The van der Waals surface area contributed by atoms with Gasteiger partial charge in [0.1, 0.15) is 0 Å². The fourth-order valence-corrected chi connectivity index (χ4v) is 4.38. The summed E-state index contributed by atoms with van der Waals surface area (Å²) in [4.78, 5) is 12.8. The first-order chi connectivity index (χ1) is 14.3. The number of anilines is 1. The van der Waals surface area contributed by atoms with E-state index in [1.165, 1.54) is 31.4 Å². The number of methoxy groups -OCH3 is 1. The van der Waals surface area contributed by atoms with Gasteiger partial charge in [-0.1, -0.05) is 31.5 Å². The van der Waals surface area contributed by atoms with E-state index in [1.54, 1.807) is 32.9 Å². The van der Waals surface area contributed by atoms with Gasteiger partial charge in [0.25, 0.3) is 5.91 Å². The quantitative estimate of drug-likeness (QED) is 0.585. The highest BCUT2D eigenvalue weighted by Gasteiger charge is 2.22. The van der Waals surface area contributed by atoms with Gasteiger partial charge in [0.05, 0.1) is 23.6 Å². The molecule has 0 aromatic heterocycles. The van der Waals surface area contributed by atoms with Crippen LogP contribution in [0.4, 0.5) is 5.69 Å². The molecular weight excluding hydrogens is 440 g/mol. The van der Waals surface area contributed by atoms with Gasteiger partial charge in [-0.2, -0.15) is 0 Å². The van der Waals surface area contributed by atoms with Crippen molar-refractivity contribution in [3.8, 4) is 11.5 Å². The van der Waals surface area contributed by atoms with Crippen LogP contribution in [0, 0.1) is 5.92 Å². The Bertz CT molecular complexity index is 1050. The van der Waals surface area contributed by atoms with E-state index >= 15 is 0 Å². The molecule has 0 heterocycles. The van der Waals surface area contributed by atoms with Crippen LogP contribution in [0.25, 0.3) is 0 Å². The lowest BCUT2D eigenvalue weighted by molar-refractivity contribution is 0.102. The smallest absolute Gasteiger partial charge is 0.255 e. The summed E-state index contributed by atoms with van der Waals surface area (Å²) in [7, 11) is -2.27. The van der Waals surface area contributed by atoms with Gasteiger partial charge < -0.3 is 14.8 Å². The Morgan fingerprint density at radius 2 is 1.84 bits per heavy atom. The van der Waals surface area contributed by atoms with Gasteiger partial charge in [-0.3, -0.25) is 4.79 Å². The molecule has 0 atom stereocenters. The molecular formula is C22H29ClN2O5S. The molecule has 0 fully saturated rings. The van der Waals surface area contributed by atoms with Crippen LogP contribution >= 0.6 is 11.6 Å². The first-order valence-electron chi connectivity index (χ1n) is 9.78. The van der Waals surface area contributed by atoms with Crippen molar-refractivity contribution in [2.24, 2.45) is 5.92 Å². The highest BCUT2D eigenvalue weighted by Crippen LogP contribution is 2.37. The number of carbonyl (C=O) groups is 1. The molecule has 31 heavy (non-hydrogen) atoms. The molecule has 1 amide bonds. The minimum absolute atomic E-state index is 0.0493. The van der Waals surface area contributed by atoms with Crippen molar-refractivity contribution in [3.63, 3.8) is 0 Å². The Labute approximate surface area is 189 Å². The third-order valence-corrected chi connectivity index (χ3v) is 5.93. The molecule has 0 radical (unpaired) electrons. The number of hydrogen-bond acceptors (Lipinski definition) is 5. The molecule has 0 spiro atoms. The number of nitrogens with one attached hydrogen (secondary N) is 2. The zero-order chi connectivity index (χ0) is 23.4. The number of sulfonamides is 1. The van der Waals surface area contributed by atoms with Crippen LogP contribution < -0.4 is 19.5 Å². The van der Waals surface area contributed by atoms with Gasteiger partial charge in [-0.15, -0.1) is 0 Å². The zero-order valence-corrected chi connectivity index (χ0v) is 20.1. The number of rotatable bonds is 8. The second-order valence-electron chi connectivity index (χ2n) is 8.53. The molecule has 0 unspecified atom stereocenters. The number of halogens is 1. The molecule has 0 bridgehead atoms. The minimum atomic E-state index is -3.74. The lowest BCUT2D eigenvalue weighted by atomic mass is 10.1. The fourth-order valence-electron chi connectivity index (χ4n) is 2.65. The maximum absolute atomic E-state index is 12.8. The van der Waals surface area contributed by atoms with Gasteiger partial charge in [-0.05, 0) is 57.0 Å². The van der Waals surface area contributed by atoms with E-state index in [4.69, 9.17) is 21.1 Å². The molecule has 9 heteroatoms. The van der Waals surface area contributed by atoms with Crippen molar-refractivity contribution < 1.29 is 22.7 Å². The number of amides is 1. The second-order valence-corrected chi connectivity index (χ2v) is 10.6. The van der Waals surface area contributed by atoms with E-state index in [1.807, 2.05) is 13.8 Å². The van der Waals surface area contributed by atoms with E-state index in [9.17, 15) is 13.2 Å². The molecule has 0 aliphatic rings. The predicted molar refractivity (Wildman–Crippen MR) is 123 cm³/mol. The van der Waals surface area contributed by atoms with E-state index in [2.05, 4.69) is 10.0 Å². The van der Waals surface area contributed by atoms with Crippen LogP contribution in [0.1, 0.15) is 45.0 Å². The van der Waals surface area contributed by atoms with Crippen LogP contribution in [0.3, 0.4) is 0 Å². The standard InChI is InChI=1S/C22H29ClN2O5S/c1-14(2)13-30-20-18(23)10-15(11-19(20)29-6)21(26)24-16-8-7-9-17(12-16)31(27,28)25-22(3,4)5/h7-12,14,25H,13H2,1-6H3,(H,24,26). The molecule has 0 aliphatic carbocycles. The maximum atomic E-state index is 12.8. The molecule has 7 nitrogen and oxygen atoms in total. The summed E-state index contributed by atoms with van der Waals surface area (Å²) >= 11 is 6.32. The van der Waals surface area contributed by atoms with Crippen molar-refractivity contribution in [1.29, 1.82) is 0 Å². The Balaban J connectivity index is 2.27. The average molecular weight is 469 g/mol. The van der Waals surface area contributed by atoms with Crippen molar-refractivity contribution in [2.75, 3.05) is 19.0 Å². The van der Waals surface area contributed by atoms with Crippen molar-refractivity contribution in [3.05, 3.63) is 47.0 Å². The van der Waals surface area contributed by atoms with Crippen LogP contribution in [0.2, 0.25) is 5.02 Å². The second kappa shape index (κ2) is 9.89. The first-order valence-corrected chi connectivity index (χ1v) is 11.6. The third-order valence-electron chi connectivity index (χ3n) is 3.90. The summed E-state index contributed by atoms with van der Waals surface area (Å²) in [5.41, 5.74) is -0.0538. The van der Waals surface area contributed by atoms with Crippen molar-refractivity contribution in [1.82, 2.24) is 4.72 Å². The molecule has 0 aliphatic heterocycles. The van der Waals surface area contributed by atoms with E-state index < -0.39 is 21.5 Å². The van der Waals surface area contributed by atoms with Gasteiger partial charge in [0, 0.05) is 16.8 Å². The molecule has 2 rings (SSSR count). The summed E-state index contributed by atoms with van der Waals surface area (Å²) in [6, 6.07) is 9.03. The van der Waals surface area contributed by atoms with Crippen molar-refractivity contribution in [2.45, 2.75) is 45.1 Å². The van der Waals surface area contributed by atoms with Crippen molar-refractivity contribution >= 4 is 33.2 Å². The Hall–Kier alpha value is -2.29. The zero-order valence-electron chi connectivity index (χ0n) is 18.6. The van der Waals surface area contributed by atoms with Gasteiger partial charge in [0.2, 0.25) is 10.0 Å². The van der Waals surface area contributed by atoms with E-state index in [-0.39, 0.29) is 15.5 Å².